The van der Waals surface area contributed by atoms with E-state index in [1.54, 1.807) is 18.7 Å². The number of carbonyl (C=O) groups is 1. The molecule has 0 aromatic rings. The highest BCUT2D eigenvalue weighted by Crippen LogP contribution is 2.20. The summed E-state index contributed by atoms with van der Waals surface area (Å²) in [6.45, 7) is 4.13. The molecule has 0 aromatic carbocycles. The number of hydrogen-bond acceptors (Lipinski definition) is 3. The lowest BCUT2D eigenvalue weighted by atomic mass is 10.1. The number of likely N-dealkylation sites (tertiary alicyclic amines) is 1. The summed E-state index contributed by atoms with van der Waals surface area (Å²) in [7, 11) is 0. The van der Waals surface area contributed by atoms with Crippen LogP contribution in [0.2, 0.25) is 0 Å². The lowest BCUT2D eigenvalue weighted by Crippen LogP contribution is -2.47. The molecule has 1 saturated heterocycles. The second-order valence-corrected chi connectivity index (χ2v) is 3.77. The van der Waals surface area contributed by atoms with Gasteiger partial charge in [0, 0.05) is 6.54 Å². The Hall–Kier alpha value is -0.610. The van der Waals surface area contributed by atoms with Gasteiger partial charge in [0.15, 0.2) is 0 Å². The third-order valence-corrected chi connectivity index (χ3v) is 2.53. The second kappa shape index (κ2) is 4.07. The van der Waals surface area contributed by atoms with Gasteiger partial charge in [-0.3, -0.25) is 4.79 Å². The highest BCUT2D eigenvalue weighted by molar-refractivity contribution is 5.81. The van der Waals surface area contributed by atoms with Crippen molar-refractivity contribution in [1.82, 2.24) is 4.90 Å². The number of amides is 1. The van der Waals surface area contributed by atoms with Crippen LogP contribution >= 0.6 is 0 Å². The molecule has 3 N–H and O–H groups in total. The van der Waals surface area contributed by atoms with E-state index in [4.69, 9.17) is 5.73 Å². The zero-order valence-electron chi connectivity index (χ0n) is 8.23. The summed E-state index contributed by atoms with van der Waals surface area (Å²) in [5, 5.41) is 9.42. The van der Waals surface area contributed by atoms with Gasteiger partial charge in [-0.1, -0.05) is 0 Å². The largest absolute Gasteiger partial charge is 0.391 e. The zero-order valence-corrected chi connectivity index (χ0v) is 8.23. The van der Waals surface area contributed by atoms with Gasteiger partial charge in [0.2, 0.25) is 5.91 Å². The van der Waals surface area contributed by atoms with Crippen molar-refractivity contribution in [3.8, 4) is 0 Å². The lowest BCUT2D eigenvalue weighted by Gasteiger charge is -2.28. The van der Waals surface area contributed by atoms with Crippen molar-refractivity contribution < 1.29 is 9.90 Å². The average Bonchev–Trinajstić information content (AvgIpc) is 2.50. The molecule has 0 bridgehead atoms. The summed E-state index contributed by atoms with van der Waals surface area (Å²) in [4.78, 5) is 13.3. The van der Waals surface area contributed by atoms with Crippen LogP contribution in [-0.4, -0.2) is 40.6 Å². The summed E-state index contributed by atoms with van der Waals surface area (Å²) in [6, 6.07) is -0.488. The van der Waals surface area contributed by atoms with Crippen molar-refractivity contribution >= 4 is 5.91 Å². The smallest absolute Gasteiger partial charge is 0.239 e. The van der Waals surface area contributed by atoms with Crippen LogP contribution in [0.25, 0.3) is 0 Å². The number of carbonyl (C=O) groups excluding carboxylic acids is 1. The Morgan fingerprint density at radius 3 is 2.69 bits per heavy atom. The minimum atomic E-state index is -0.459. The Morgan fingerprint density at radius 2 is 2.23 bits per heavy atom. The van der Waals surface area contributed by atoms with Crippen LogP contribution in [0.4, 0.5) is 0 Å². The first-order chi connectivity index (χ1) is 6.04. The second-order valence-electron chi connectivity index (χ2n) is 3.77. The molecule has 1 amide bonds. The van der Waals surface area contributed by atoms with E-state index in [9.17, 15) is 9.90 Å². The summed E-state index contributed by atoms with van der Waals surface area (Å²) in [5.74, 6) is -0.0524. The van der Waals surface area contributed by atoms with Crippen LogP contribution in [0.15, 0.2) is 0 Å². The van der Waals surface area contributed by atoms with Gasteiger partial charge in [0.05, 0.1) is 18.2 Å². The standard InChI is InChI=1S/C9H18N2O2/c1-6(10)9(13)11-5-3-4-8(11)7(2)12/h6-8,12H,3-5,10H2,1-2H3/t6-,7+,8-/m0/s1. The Labute approximate surface area is 78.7 Å². The van der Waals surface area contributed by atoms with E-state index in [0.29, 0.717) is 0 Å². The van der Waals surface area contributed by atoms with Gasteiger partial charge in [0.25, 0.3) is 0 Å². The van der Waals surface area contributed by atoms with Gasteiger partial charge in [-0.05, 0) is 26.7 Å². The van der Waals surface area contributed by atoms with Crippen molar-refractivity contribution in [2.45, 2.75) is 44.9 Å². The summed E-state index contributed by atoms with van der Waals surface area (Å²) in [5.41, 5.74) is 5.51. The van der Waals surface area contributed by atoms with Crippen molar-refractivity contribution in [3.63, 3.8) is 0 Å². The van der Waals surface area contributed by atoms with Gasteiger partial charge in [-0.25, -0.2) is 0 Å². The molecule has 0 saturated carbocycles. The van der Waals surface area contributed by atoms with Crippen LogP contribution in [0.1, 0.15) is 26.7 Å². The van der Waals surface area contributed by atoms with Gasteiger partial charge in [0.1, 0.15) is 0 Å². The molecule has 0 aromatic heterocycles. The fourth-order valence-corrected chi connectivity index (χ4v) is 1.83. The maximum Gasteiger partial charge on any atom is 0.239 e. The predicted molar refractivity (Wildman–Crippen MR) is 50.1 cm³/mol. The summed E-state index contributed by atoms with van der Waals surface area (Å²) < 4.78 is 0. The molecule has 4 nitrogen and oxygen atoms in total. The summed E-state index contributed by atoms with van der Waals surface area (Å²) >= 11 is 0. The molecule has 1 heterocycles. The Kier molecular flexibility index (Phi) is 3.27. The number of rotatable bonds is 2. The number of aliphatic hydroxyl groups excluding tert-OH is 1. The van der Waals surface area contributed by atoms with E-state index in [-0.39, 0.29) is 11.9 Å². The zero-order chi connectivity index (χ0) is 10.0. The fourth-order valence-electron chi connectivity index (χ4n) is 1.83. The van der Waals surface area contributed by atoms with Crippen molar-refractivity contribution in [2.24, 2.45) is 5.73 Å². The monoisotopic (exact) mass is 186 g/mol. The molecule has 1 aliphatic heterocycles. The van der Waals surface area contributed by atoms with Crippen LogP contribution in [0.3, 0.4) is 0 Å². The highest BCUT2D eigenvalue weighted by atomic mass is 16.3. The molecular weight excluding hydrogens is 168 g/mol. The topological polar surface area (TPSA) is 66.6 Å². The van der Waals surface area contributed by atoms with Gasteiger partial charge < -0.3 is 15.7 Å². The van der Waals surface area contributed by atoms with Gasteiger partial charge in [-0.2, -0.15) is 0 Å². The Morgan fingerprint density at radius 1 is 1.62 bits per heavy atom. The number of aliphatic hydroxyl groups is 1. The Balaban J connectivity index is 2.63. The molecule has 1 rings (SSSR count). The minimum Gasteiger partial charge on any atom is -0.391 e. The molecule has 1 aliphatic rings. The predicted octanol–water partition coefficient (Wildman–Crippen LogP) is -0.295. The first-order valence-corrected chi connectivity index (χ1v) is 4.78. The van der Waals surface area contributed by atoms with E-state index in [1.807, 2.05) is 0 Å². The van der Waals surface area contributed by atoms with Crippen LogP contribution < -0.4 is 5.73 Å². The van der Waals surface area contributed by atoms with Crippen LogP contribution in [0, 0.1) is 0 Å². The van der Waals surface area contributed by atoms with Crippen LogP contribution in [-0.2, 0) is 4.79 Å². The SMILES string of the molecule is C[C@H](N)C(=O)N1CCC[C@H]1[C@@H](C)O. The van der Waals surface area contributed by atoms with Crippen molar-refractivity contribution in [3.05, 3.63) is 0 Å². The third kappa shape index (κ3) is 2.19. The van der Waals surface area contributed by atoms with E-state index in [0.717, 1.165) is 19.4 Å². The van der Waals surface area contributed by atoms with E-state index in [1.165, 1.54) is 0 Å². The molecule has 3 atom stereocenters. The van der Waals surface area contributed by atoms with Crippen molar-refractivity contribution in [2.75, 3.05) is 6.54 Å². The van der Waals surface area contributed by atoms with Crippen LogP contribution in [0.5, 0.6) is 0 Å². The highest BCUT2D eigenvalue weighted by Gasteiger charge is 2.32. The molecular formula is C9H18N2O2. The normalized spacial score (nSPS) is 27.4. The maximum absolute atomic E-state index is 11.5. The molecule has 0 aliphatic carbocycles. The summed E-state index contributed by atoms with van der Waals surface area (Å²) in [6.07, 6.45) is 1.40. The number of nitrogens with two attached hydrogens (primary N) is 1. The van der Waals surface area contributed by atoms with Crippen molar-refractivity contribution in [1.29, 1.82) is 0 Å². The van der Waals surface area contributed by atoms with E-state index >= 15 is 0 Å². The molecule has 4 heteroatoms. The van der Waals surface area contributed by atoms with E-state index in [2.05, 4.69) is 0 Å². The molecule has 0 radical (unpaired) electrons. The van der Waals surface area contributed by atoms with Gasteiger partial charge in [-0.15, -0.1) is 0 Å². The third-order valence-electron chi connectivity index (χ3n) is 2.53. The van der Waals surface area contributed by atoms with E-state index < -0.39 is 12.1 Å². The molecule has 76 valence electrons. The quantitative estimate of drug-likeness (QED) is 0.622. The molecule has 0 spiro atoms. The Bertz CT molecular complexity index is 192. The molecule has 1 fully saturated rings. The average molecular weight is 186 g/mol. The molecule has 13 heavy (non-hydrogen) atoms. The number of nitrogens with zero attached hydrogens (tertiary/aromatic N) is 1. The minimum absolute atomic E-state index is 0.0292. The maximum atomic E-state index is 11.5. The molecule has 0 unspecified atom stereocenters. The first-order valence-electron chi connectivity index (χ1n) is 4.78. The van der Waals surface area contributed by atoms with Gasteiger partial charge >= 0.3 is 0 Å². The lowest BCUT2D eigenvalue weighted by molar-refractivity contribution is -0.134. The number of hydrogen-bond donors (Lipinski definition) is 2. The first kappa shape index (κ1) is 10.5. The fraction of sp³-hybridized carbons (Fsp3) is 0.889.